The number of phenolic OH excluding ortho intramolecular Hbond substituents is 3. The minimum Gasteiger partial charge on any atom is -0.508 e. The fourth-order valence-electron chi connectivity index (χ4n) is 1.96. The van der Waals surface area contributed by atoms with Crippen molar-refractivity contribution in [2.75, 3.05) is 0 Å². The fraction of sp³-hybridized carbons (Fsp3) is 0.161. The van der Waals surface area contributed by atoms with Crippen molar-refractivity contribution < 1.29 is 24.9 Å². The first kappa shape index (κ1) is 33.8. The zero-order valence-corrected chi connectivity index (χ0v) is 21.7. The SMILES string of the molecule is CC.CC(=O)c1ccccc1.CC(C)=O.Oc1ccccc1.Oc1ccccc1.Oc1ccccc1. The van der Waals surface area contributed by atoms with Crippen molar-refractivity contribution in [3.05, 3.63) is 127 Å². The highest BCUT2D eigenvalue weighted by atomic mass is 16.3. The Morgan fingerprint density at radius 3 is 0.750 bits per heavy atom. The average Bonchev–Trinajstić information content (AvgIpc) is 2.88. The van der Waals surface area contributed by atoms with Gasteiger partial charge in [-0.05, 0) is 57.2 Å². The topological polar surface area (TPSA) is 94.8 Å². The molecule has 0 spiro atoms. The number of aromatic hydroxyl groups is 3. The van der Waals surface area contributed by atoms with Gasteiger partial charge < -0.3 is 20.1 Å². The molecule has 0 atom stereocenters. The van der Waals surface area contributed by atoms with E-state index in [-0.39, 0.29) is 11.6 Å². The third kappa shape index (κ3) is 24.3. The second kappa shape index (κ2) is 23.8. The minimum absolute atomic E-state index is 0.121. The van der Waals surface area contributed by atoms with E-state index in [9.17, 15) is 9.59 Å². The molecule has 0 saturated carbocycles. The van der Waals surface area contributed by atoms with Crippen LogP contribution in [0.1, 0.15) is 45.0 Å². The largest absolute Gasteiger partial charge is 0.508 e. The molecule has 0 radical (unpaired) electrons. The molecule has 0 unspecified atom stereocenters. The normalized spacial score (nSPS) is 8.14. The summed E-state index contributed by atoms with van der Waals surface area (Å²) in [6, 6.07) is 35.4. The summed E-state index contributed by atoms with van der Waals surface area (Å²) in [6.45, 7) is 8.62. The summed E-state index contributed by atoms with van der Waals surface area (Å²) >= 11 is 0. The van der Waals surface area contributed by atoms with Crippen LogP contribution in [-0.4, -0.2) is 26.9 Å². The predicted molar refractivity (Wildman–Crippen MR) is 148 cm³/mol. The second-order valence-corrected chi connectivity index (χ2v) is 6.84. The van der Waals surface area contributed by atoms with Gasteiger partial charge >= 0.3 is 0 Å². The zero-order valence-electron chi connectivity index (χ0n) is 21.7. The molecule has 0 bridgehead atoms. The first-order valence-electron chi connectivity index (χ1n) is 11.5. The lowest BCUT2D eigenvalue weighted by Crippen LogP contribution is -1.88. The van der Waals surface area contributed by atoms with Crippen molar-refractivity contribution in [2.45, 2.75) is 34.6 Å². The van der Waals surface area contributed by atoms with Crippen LogP contribution in [0, 0.1) is 0 Å². The van der Waals surface area contributed by atoms with Crippen LogP contribution in [0.4, 0.5) is 0 Å². The van der Waals surface area contributed by atoms with E-state index in [0.29, 0.717) is 17.2 Å². The summed E-state index contributed by atoms with van der Waals surface area (Å²) in [5, 5.41) is 25.9. The van der Waals surface area contributed by atoms with Gasteiger partial charge in [0, 0.05) is 5.56 Å². The molecule has 4 aromatic rings. The lowest BCUT2D eigenvalue weighted by Gasteiger charge is -1.89. The number of Topliss-reactive ketones (excluding diaryl/α,β-unsaturated/α-hetero) is 2. The van der Waals surface area contributed by atoms with Crippen LogP contribution in [0.5, 0.6) is 17.2 Å². The summed E-state index contributed by atoms with van der Waals surface area (Å²) in [7, 11) is 0. The van der Waals surface area contributed by atoms with Crippen LogP contribution in [0.2, 0.25) is 0 Å². The van der Waals surface area contributed by atoms with Crippen molar-refractivity contribution in [1.82, 2.24) is 0 Å². The van der Waals surface area contributed by atoms with Crippen molar-refractivity contribution in [3.63, 3.8) is 0 Å². The molecule has 4 rings (SSSR count). The van der Waals surface area contributed by atoms with Crippen molar-refractivity contribution in [2.24, 2.45) is 0 Å². The van der Waals surface area contributed by atoms with E-state index in [4.69, 9.17) is 15.3 Å². The molecule has 36 heavy (non-hydrogen) atoms. The Bertz CT molecular complexity index is 926. The number of rotatable bonds is 1. The highest BCUT2D eigenvalue weighted by molar-refractivity contribution is 5.93. The number of hydrogen-bond donors (Lipinski definition) is 3. The quantitative estimate of drug-likeness (QED) is 0.238. The molecule has 0 aromatic heterocycles. The summed E-state index contributed by atoms with van der Waals surface area (Å²) in [6.07, 6.45) is 0. The molecule has 0 aliphatic carbocycles. The van der Waals surface area contributed by atoms with Gasteiger partial charge in [-0.3, -0.25) is 4.79 Å². The van der Waals surface area contributed by atoms with Crippen LogP contribution in [0.3, 0.4) is 0 Å². The van der Waals surface area contributed by atoms with E-state index in [2.05, 4.69) is 0 Å². The third-order valence-corrected chi connectivity index (χ3v) is 3.45. The Morgan fingerprint density at radius 2 is 0.639 bits per heavy atom. The van der Waals surface area contributed by atoms with Crippen molar-refractivity contribution >= 4 is 11.6 Å². The van der Waals surface area contributed by atoms with E-state index < -0.39 is 0 Å². The monoisotopic (exact) mass is 490 g/mol. The highest BCUT2D eigenvalue weighted by Gasteiger charge is 1.92. The third-order valence-electron chi connectivity index (χ3n) is 3.45. The summed E-state index contributed by atoms with van der Waals surface area (Å²) in [5.41, 5.74) is 0.775. The van der Waals surface area contributed by atoms with Gasteiger partial charge in [0.2, 0.25) is 0 Å². The molecule has 4 aromatic carbocycles. The molecule has 0 saturated heterocycles. The van der Waals surface area contributed by atoms with Crippen LogP contribution < -0.4 is 0 Å². The summed E-state index contributed by atoms with van der Waals surface area (Å²) in [4.78, 5) is 20.1. The van der Waals surface area contributed by atoms with Crippen LogP contribution in [0.15, 0.2) is 121 Å². The second-order valence-electron chi connectivity index (χ2n) is 6.84. The van der Waals surface area contributed by atoms with Gasteiger partial charge in [-0.2, -0.15) is 0 Å². The van der Waals surface area contributed by atoms with Gasteiger partial charge in [0.05, 0.1) is 0 Å². The van der Waals surface area contributed by atoms with Gasteiger partial charge in [0.1, 0.15) is 23.0 Å². The number of ketones is 2. The number of carbonyl (C=O) groups is 2. The molecule has 0 aliphatic rings. The van der Waals surface area contributed by atoms with E-state index in [1.54, 1.807) is 79.7 Å². The molecule has 5 nitrogen and oxygen atoms in total. The molecule has 5 heteroatoms. The number of carbonyl (C=O) groups excluding carboxylic acids is 2. The number of benzene rings is 4. The lowest BCUT2D eigenvalue weighted by atomic mass is 10.2. The van der Waals surface area contributed by atoms with E-state index in [1.165, 1.54) is 13.8 Å². The van der Waals surface area contributed by atoms with Gasteiger partial charge in [-0.25, -0.2) is 0 Å². The number of para-hydroxylation sites is 3. The maximum Gasteiger partial charge on any atom is 0.159 e. The molecule has 0 heterocycles. The van der Waals surface area contributed by atoms with Crippen molar-refractivity contribution in [1.29, 1.82) is 0 Å². The predicted octanol–water partition coefficient (Wildman–Crippen LogP) is 7.69. The van der Waals surface area contributed by atoms with Crippen LogP contribution >= 0.6 is 0 Å². The minimum atomic E-state index is 0.121. The average molecular weight is 491 g/mol. The van der Waals surface area contributed by atoms with Gasteiger partial charge in [0.15, 0.2) is 5.78 Å². The summed E-state index contributed by atoms with van der Waals surface area (Å²) < 4.78 is 0. The number of phenols is 3. The number of hydrogen-bond acceptors (Lipinski definition) is 5. The standard InChI is InChI=1S/C8H8O.3C6H6O.C3H6O.C2H6/c1-7(9)8-5-3-2-4-6-8;3*7-6-4-2-1-3-5-6;1-3(2)4;1-2/h2-6H,1H3;3*1-5,7H;1-2H3;1-2H3. The van der Waals surface area contributed by atoms with E-state index >= 15 is 0 Å². The molecular formula is C31H38O5. The Kier molecular flexibility index (Phi) is 22.3. The zero-order chi connectivity index (χ0) is 27.6. The smallest absolute Gasteiger partial charge is 0.159 e. The van der Waals surface area contributed by atoms with E-state index in [1.807, 2.05) is 62.4 Å². The molecule has 192 valence electrons. The molecular weight excluding hydrogens is 452 g/mol. The maximum atomic E-state index is 10.6. The van der Waals surface area contributed by atoms with Crippen molar-refractivity contribution in [3.8, 4) is 17.2 Å². The molecule has 3 N–H and O–H groups in total. The lowest BCUT2D eigenvalue weighted by molar-refractivity contribution is -0.115. The summed E-state index contributed by atoms with van der Waals surface area (Å²) in [5.74, 6) is 1.25. The van der Waals surface area contributed by atoms with E-state index in [0.717, 1.165) is 5.56 Å². The van der Waals surface area contributed by atoms with Crippen LogP contribution in [-0.2, 0) is 4.79 Å². The Labute approximate surface area is 215 Å². The fourth-order valence-corrected chi connectivity index (χ4v) is 1.96. The molecule has 0 aliphatic heterocycles. The first-order chi connectivity index (χ1) is 17.2. The Hall–Kier alpha value is -4.38. The van der Waals surface area contributed by atoms with Crippen LogP contribution in [0.25, 0.3) is 0 Å². The maximum absolute atomic E-state index is 10.6. The highest BCUT2D eigenvalue weighted by Crippen LogP contribution is 2.04. The van der Waals surface area contributed by atoms with Gasteiger partial charge in [0.25, 0.3) is 0 Å². The first-order valence-corrected chi connectivity index (χ1v) is 11.5. The van der Waals surface area contributed by atoms with Gasteiger partial charge in [-0.1, -0.05) is 98.8 Å². The van der Waals surface area contributed by atoms with Gasteiger partial charge in [-0.15, -0.1) is 0 Å². The molecule has 0 amide bonds. The Morgan fingerprint density at radius 1 is 0.444 bits per heavy atom. The molecule has 0 fully saturated rings. The Balaban J connectivity index is 0.